The summed E-state index contributed by atoms with van der Waals surface area (Å²) in [4.78, 5) is 7.76. The third kappa shape index (κ3) is 4.26. The van der Waals surface area contributed by atoms with Crippen molar-refractivity contribution >= 4 is 46.4 Å². The Bertz CT molecular complexity index is 1230. The number of hydrogen-bond donors (Lipinski definition) is 1. The zero-order valence-electron chi connectivity index (χ0n) is 17.2. The second-order valence-corrected chi connectivity index (χ2v) is 9.45. The first-order chi connectivity index (χ1) is 15.6. The van der Waals surface area contributed by atoms with Gasteiger partial charge in [-0.1, -0.05) is 47.1 Å². The topological polar surface area (TPSA) is 41.3 Å². The maximum atomic E-state index is 6.34. The molecule has 160 valence electrons. The number of aryl methyl sites for hydroxylation is 1. The van der Waals surface area contributed by atoms with Gasteiger partial charge in [-0.05, 0) is 79.8 Å². The fourth-order valence-electron chi connectivity index (χ4n) is 3.79. The van der Waals surface area contributed by atoms with Crippen LogP contribution in [-0.4, -0.2) is 10.1 Å². The molecule has 32 heavy (non-hydrogen) atoms. The zero-order chi connectivity index (χ0) is 22.1. The zero-order valence-corrected chi connectivity index (χ0v) is 19.6. The summed E-state index contributed by atoms with van der Waals surface area (Å²) in [5, 5.41) is 5.64. The monoisotopic (exact) mass is 477 g/mol. The van der Waals surface area contributed by atoms with E-state index < -0.39 is 0 Å². The van der Waals surface area contributed by atoms with Gasteiger partial charge in [-0.2, -0.15) is 0 Å². The third-order valence-electron chi connectivity index (χ3n) is 5.34. The van der Waals surface area contributed by atoms with E-state index in [1.54, 1.807) is 18.0 Å². The minimum atomic E-state index is -0.167. The Labute approximate surface area is 201 Å². The van der Waals surface area contributed by atoms with Crippen molar-refractivity contribution in [3.05, 3.63) is 107 Å². The first kappa shape index (κ1) is 21.1. The smallest absolute Gasteiger partial charge is 0.174 e. The Hall–Kier alpha value is -2.80. The number of halogens is 1. The van der Waals surface area contributed by atoms with E-state index in [4.69, 9.17) is 28.2 Å². The lowest BCUT2D eigenvalue weighted by atomic mass is 10.0. The molecule has 1 fully saturated rings. The lowest BCUT2D eigenvalue weighted by molar-refractivity contribution is 0.383. The summed E-state index contributed by atoms with van der Waals surface area (Å²) >= 11 is 13.3. The standard InChI is InChI=1S/C25H20ClN3OS2/c1-16-5-9-18(10-6-16)29-24(23(28-25(29)31)20-4-2-3-15-27-20)21-13-14-22(30-21)32-19-11-7-17(26)8-12-19/h2-15,23-24H,1H3,(H,28,31)/t23-,24+/m1/s1. The van der Waals surface area contributed by atoms with Gasteiger partial charge in [-0.15, -0.1) is 0 Å². The van der Waals surface area contributed by atoms with Crippen LogP contribution in [0.2, 0.25) is 5.02 Å². The Kier molecular flexibility index (Phi) is 5.91. The van der Waals surface area contributed by atoms with Crippen LogP contribution >= 0.6 is 35.6 Å². The summed E-state index contributed by atoms with van der Waals surface area (Å²) in [6, 6.07) is 25.7. The summed E-state index contributed by atoms with van der Waals surface area (Å²) in [6.45, 7) is 2.07. The van der Waals surface area contributed by atoms with Gasteiger partial charge in [0.25, 0.3) is 0 Å². The van der Waals surface area contributed by atoms with Gasteiger partial charge in [0.05, 0.1) is 11.7 Å². The van der Waals surface area contributed by atoms with Gasteiger partial charge in [0.15, 0.2) is 10.2 Å². The maximum Gasteiger partial charge on any atom is 0.174 e. The summed E-state index contributed by atoms with van der Waals surface area (Å²) in [5.74, 6) is 0.824. The van der Waals surface area contributed by atoms with Crippen molar-refractivity contribution in [3.8, 4) is 0 Å². The first-order valence-corrected chi connectivity index (χ1v) is 11.8. The van der Waals surface area contributed by atoms with Crippen LogP contribution in [0.4, 0.5) is 5.69 Å². The van der Waals surface area contributed by atoms with Crippen molar-refractivity contribution in [1.29, 1.82) is 0 Å². The van der Waals surface area contributed by atoms with Crippen LogP contribution in [0, 0.1) is 6.92 Å². The number of thiocarbonyl (C=S) groups is 1. The van der Waals surface area contributed by atoms with Crippen molar-refractivity contribution < 1.29 is 4.42 Å². The van der Waals surface area contributed by atoms with Crippen LogP contribution in [0.5, 0.6) is 0 Å². The minimum Gasteiger partial charge on any atom is -0.452 e. The predicted molar refractivity (Wildman–Crippen MR) is 133 cm³/mol. The molecule has 0 spiro atoms. The van der Waals surface area contributed by atoms with Crippen molar-refractivity contribution in [2.75, 3.05) is 4.90 Å². The molecule has 0 saturated carbocycles. The maximum absolute atomic E-state index is 6.34. The Morgan fingerprint density at radius 1 is 1.00 bits per heavy atom. The quantitative estimate of drug-likeness (QED) is 0.313. The largest absolute Gasteiger partial charge is 0.452 e. The summed E-state index contributed by atoms with van der Waals surface area (Å²) in [7, 11) is 0. The molecule has 1 aliphatic rings. The van der Waals surface area contributed by atoms with Gasteiger partial charge in [0, 0.05) is 21.8 Å². The van der Waals surface area contributed by atoms with E-state index in [0.717, 1.165) is 27.1 Å². The Balaban J connectivity index is 1.52. The highest BCUT2D eigenvalue weighted by molar-refractivity contribution is 7.99. The van der Waals surface area contributed by atoms with Crippen LogP contribution in [0.15, 0.2) is 99.5 Å². The number of furan rings is 1. The second kappa shape index (κ2) is 8.98. The molecule has 5 rings (SSSR count). The highest BCUT2D eigenvalue weighted by Gasteiger charge is 2.42. The first-order valence-electron chi connectivity index (χ1n) is 10.2. The highest BCUT2D eigenvalue weighted by Crippen LogP contribution is 2.43. The second-order valence-electron chi connectivity index (χ2n) is 7.54. The summed E-state index contributed by atoms with van der Waals surface area (Å²) in [5.41, 5.74) is 3.13. The summed E-state index contributed by atoms with van der Waals surface area (Å²) in [6.07, 6.45) is 1.80. The molecule has 2 atom stereocenters. The molecular weight excluding hydrogens is 458 g/mol. The Morgan fingerprint density at radius 3 is 2.50 bits per heavy atom. The number of benzene rings is 2. The van der Waals surface area contributed by atoms with E-state index in [2.05, 4.69) is 46.4 Å². The molecule has 2 aromatic carbocycles. The van der Waals surface area contributed by atoms with Crippen LogP contribution in [0.25, 0.3) is 0 Å². The van der Waals surface area contributed by atoms with E-state index >= 15 is 0 Å². The molecule has 1 N–H and O–H groups in total. The van der Waals surface area contributed by atoms with Crippen LogP contribution in [0.1, 0.15) is 29.1 Å². The molecule has 0 bridgehead atoms. The molecule has 0 unspecified atom stereocenters. The number of rotatable bonds is 5. The van der Waals surface area contributed by atoms with Gasteiger partial charge >= 0.3 is 0 Å². The number of hydrogen-bond acceptors (Lipinski definition) is 4. The van der Waals surface area contributed by atoms with Gasteiger partial charge in [-0.3, -0.25) is 4.98 Å². The minimum absolute atomic E-state index is 0.135. The van der Waals surface area contributed by atoms with Crippen LogP contribution in [0.3, 0.4) is 0 Å². The summed E-state index contributed by atoms with van der Waals surface area (Å²) < 4.78 is 6.34. The molecule has 3 heterocycles. The molecule has 1 saturated heterocycles. The highest BCUT2D eigenvalue weighted by atomic mass is 35.5. The molecule has 2 aromatic heterocycles. The molecule has 0 aliphatic carbocycles. The molecule has 1 aliphatic heterocycles. The normalized spacial score (nSPS) is 18.1. The van der Waals surface area contributed by atoms with E-state index in [-0.39, 0.29) is 12.1 Å². The molecule has 0 radical (unpaired) electrons. The Morgan fingerprint density at radius 2 is 1.78 bits per heavy atom. The van der Waals surface area contributed by atoms with Crippen molar-refractivity contribution in [1.82, 2.24) is 10.3 Å². The fourth-order valence-corrected chi connectivity index (χ4v) is 5.04. The van der Waals surface area contributed by atoms with Gasteiger partial charge in [-0.25, -0.2) is 0 Å². The molecule has 4 aromatic rings. The third-order valence-corrected chi connectivity index (χ3v) is 6.83. The van der Waals surface area contributed by atoms with Gasteiger partial charge in [0.2, 0.25) is 0 Å². The van der Waals surface area contributed by atoms with E-state index in [9.17, 15) is 0 Å². The number of nitrogens with one attached hydrogen (secondary N) is 1. The van der Waals surface area contributed by atoms with Crippen molar-refractivity contribution in [3.63, 3.8) is 0 Å². The molecule has 0 amide bonds. The van der Waals surface area contributed by atoms with E-state index in [1.807, 2.05) is 54.6 Å². The van der Waals surface area contributed by atoms with Crippen LogP contribution in [-0.2, 0) is 0 Å². The lowest BCUT2D eigenvalue weighted by Gasteiger charge is -2.26. The number of pyridine rings is 1. The van der Waals surface area contributed by atoms with Crippen molar-refractivity contribution in [2.45, 2.75) is 29.0 Å². The molecule has 4 nitrogen and oxygen atoms in total. The predicted octanol–water partition coefficient (Wildman–Crippen LogP) is 6.96. The van der Waals surface area contributed by atoms with Gasteiger partial charge in [0.1, 0.15) is 11.8 Å². The van der Waals surface area contributed by atoms with E-state index in [0.29, 0.717) is 10.1 Å². The average Bonchev–Trinajstić information content (AvgIpc) is 3.40. The lowest BCUT2D eigenvalue weighted by Crippen LogP contribution is -2.29. The number of nitrogens with zero attached hydrogens (tertiary/aromatic N) is 2. The van der Waals surface area contributed by atoms with Gasteiger partial charge < -0.3 is 14.6 Å². The SMILES string of the molecule is Cc1ccc(N2C(=S)N[C@H](c3ccccn3)[C@@H]2c2ccc(Sc3ccc(Cl)cc3)o2)cc1. The molecule has 7 heteroatoms. The fraction of sp³-hybridized carbons (Fsp3) is 0.120. The molecular formula is C25H20ClN3OS2. The number of aromatic nitrogens is 1. The van der Waals surface area contributed by atoms with E-state index in [1.165, 1.54) is 5.56 Å². The van der Waals surface area contributed by atoms with Crippen molar-refractivity contribution in [2.24, 2.45) is 0 Å². The van der Waals surface area contributed by atoms with Crippen LogP contribution < -0.4 is 10.2 Å². The average molecular weight is 478 g/mol. The number of anilines is 1.